The van der Waals surface area contributed by atoms with Gasteiger partial charge in [0.25, 0.3) is 11.8 Å². The first-order chi connectivity index (χ1) is 22.6. The number of aromatic nitrogens is 2. The summed E-state index contributed by atoms with van der Waals surface area (Å²) in [4.78, 5) is 28.7. The topological polar surface area (TPSA) is 71.0 Å². The summed E-state index contributed by atoms with van der Waals surface area (Å²) in [6, 6.07) is 43.7. The van der Waals surface area contributed by atoms with E-state index in [0.29, 0.717) is 28.1 Å². The number of fused-ring (bicyclic) bond motifs is 8. The van der Waals surface area contributed by atoms with Crippen LogP contribution in [0.2, 0.25) is 0 Å². The van der Waals surface area contributed by atoms with Gasteiger partial charge in [-0.15, -0.1) is 0 Å². The number of para-hydroxylation sites is 3. The molecule has 1 aliphatic heterocycles. The van der Waals surface area contributed by atoms with Crippen LogP contribution in [0, 0.1) is 18.3 Å². The molecule has 0 unspecified atom stereocenters. The molecular weight excluding hydrogens is 568 g/mol. The third-order valence-corrected chi connectivity index (χ3v) is 9.16. The second-order valence-corrected chi connectivity index (χ2v) is 11.7. The number of rotatable bonds is 3. The fraction of sp³-hybridized carbons (Fsp3) is 0.0250. The molecule has 0 radical (unpaired) electrons. The van der Waals surface area contributed by atoms with E-state index in [4.69, 9.17) is 0 Å². The summed E-state index contributed by atoms with van der Waals surface area (Å²) < 4.78 is 4.35. The fourth-order valence-corrected chi connectivity index (χ4v) is 7.16. The Labute approximate surface area is 263 Å². The molecule has 0 aliphatic carbocycles. The van der Waals surface area contributed by atoms with Gasteiger partial charge in [-0.3, -0.25) is 9.59 Å². The minimum Gasteiger partial charge on any atom is -0.309 e. The highest BCUT2D eigenvalue weighted by atomic mass is 16.2. The summed E-state index contributed by atoms with van der Waals surface area (Å²) in [7, 11) is 0. The van der Waals surface area contributed by atoms with Crippen LogP contribution in [-0.4, -0.2) is 20.9 Å². The Balaban J connectivity index is 1.44. The summed E-state index contributed by atoms with van der Waals surface area (Å²) in [6.07, 6.45) is 0. The maximum atomic E-state index is 13.8. The van der Waals surface area contributed by atoms with Gasteiger partial charge < -0.3 is 9.13 Å². The number of carbonyl (C=O) groups is 2. The smallest absolute Gasteiger partial charge is 0.266 e. The number of nitriles is 1. The van der Waals surface area contributed by atoms with Crippen molar-refractivity contribution in [1.29, 1.82) is 5.26 Å². The van der Waals surface area contributed by atoms with Crippen LogP contribution in [0.3, 0.4) is 0 Å². The Morgan fingerprint density at radius 3 is 1.89 bits per heavy atom. The lowest BCUT2D eigenvalue weighted by molar-refractivity contribution is 0.0926. The van der Waals surface area contributed by atoms with Gasteiger partial charge in [-0.25, -0.2) is 4.90 Å². The van der Waals surface area contributed by atoms with Crippen LogP contribution in [0.25, 0.3) is 55.0 Å². The van der Waals surface area contributed by atoms with Gasteiger partial charge in [0.2, 0.25) is 0 Å². The van der Waals surface area contributed by atoms with Crippen molar-refractivity contribution in [2.45, 2.75) is 6.92 Å². The first kappa shape index (κ1) is 26.0. The van der Waals surface area contributed by atoms with Crippen LogP contribution in [0.1, 0.15) is 31.8 Å². The molecule has 2 aromatic heterocycles. The molecule has 6 heteroatoms. The Kier molecular flexibility index (Phi) is 5.38. The minimum atomic E-state index is -0.403. The zero-order chi connectivity index (χ0) is 31.1. The predicted molar refractivity (Wildman–Crippen MR) is 182 cm³/mol. The summed E-state index contributed by atoms with van der Waals surface area (Å²) in [5.74, 6) is -0.806. The molecule has 0 saturated heterocycles. The van der Waals surface area contributed by atoms with Crippen LogP contribution in [0.4, 0.5) is 5.69 Å². The number of amides is 2. The second kappa shape index (κ2) is 9.52. The van der Waals surface area contributed by atoms with Gasteiger partial charge in [0, 0.05) is 27.2 Å². The minimum absolute atomic E-state index is 0.354. The first-order valence-corrected chi connectivity index (χ1v) is 15.1. The first-order valence-electron chi connectivity index (χ1n) is 15.1. The molecule has 6 aromatic carbocycles. The van der Waals surface area contributed by atoms with Crippen LogP contribution in [0.15, 0.2) is 127 Å². The molecule has 46 heavy (non-hydrogen) atoms. The molecule has 0 bridgehead atoms. The van der Waals surface area contributed by atoms with Crippen molar-refractivity contribution in [2.75, 3.05) is 4.90 Å². The zero-order valence-electron chi connectivity index (χ0n) is 24.7. The van der Waals surface area contributed by atoms with E-state index in [1.54, 1.807) is 42.5 Å². The quantitative estimate of drug-likeness (QED) is 0.192. The maximum absolute atomic E-state index is 13.8. The Morgan fingerprint density at radius 2 is 1.20 bits per heavy atom. The molecule has 0 spiro atoms. The molecule has 0 atom stereocenters. The van der Waals surface area contributed by atoms with Crippen molar-refractivity contribution in [3.05, 3.63) is 150 Å². The predicted octanol–water partition coefficient (Wildman–Crippen LogP) is 8.86. The van der Waals surface area contributed by atoms with Crippen molar-refractivity contribution in [3.8, 4) is 17.4 Å². The molecule has 9 rings (SSSR count). The van der Waals surface area contributed by atoms with E-state index in [1.165, 1.54) is 10.5 Å². The third kappa shape index (κ3) is 3.40. The van der Waals surface area contributed by atoms with E-state index in [2.05, 4.69) is 84.3 Å². The van der Waals surface area contributed by atoms with E-state index in [0.717, 1.165) is 49.3 Å². The monoisotopic (exact) mass is 592 g/mol. The van der Waals surface area contributed by atoms with E-state index in [-0.39, 0.29) is 0 Å². The SMILES string of the molecule is Cc1ccc(-n2c3ccccc3c3ccc4c(c5ccccc5n4-c4c(C#N)cccc4N4C(=O)c5ccccc5C4=O)c32)cc1. The largest absolute Gasteiger partial charge is 0.309 e. The van der Waals surface area contributed by atoms with Gasteiger partial charge in [0.1, 0.15) is 6.07 Å². The molecule has 216 valence electrons. The molecule has 8 aromatic rings. The van der Waals surface area contributed by atoms with Crippen LogP contribution in [-0.2, 0) is 0 Å². The molecule has 0 fully saturated rings. The van der Waals surface area contributed by atoms with Gasteiger partial charge in [-0.1, -0.05) is 78.4 Å². The van der Waals surface area contributed by atoms with Gasteiger partial charge >= 0.3 is 0 Å². The number of aryl methyl sites for hydroxylation is 1. The van der Waals surface area contributed by atoms with E-state index < -0.39 is 11.8 Å². The number of nitrogens with zero attached hydrogens (tertiary/aromatic N) is 4. The lowest BCUT2D eigenvalue weighted by atomic mass is 10.1. The maximum Gasteiger partial charge on any atom is 0.266 e. The summed E-state index contributed by atoms with van der Waals surface area (Å²) >= 11 is 0. The Bertz CT molecular complexity index is 2620. The number of carbonyl (C=O) groups excluding carboxylic acids is 2. The highest BCUT2D eigenvalue weighted by Gasteiger charge is 2.38. The van der Waals surface area contributed by atoms with Gasteiger partial charge in [0.05, 0.1) is 50.1 Å². The molecule has 0 saturated carbocycles. The van der Waals surface area contributed by atoms with Crippen molar-refractivity contribution in [3.63, 3.8) is 0 Å². The number of hydrogen-bond acceptors (Lipinski definition) is 3. The molecule has 1 aliphatic rings. The normalized spacial score (nSPS) is 12.9. The van der Waals surface area contributed by atoms with Gasteiger partial charge in [0.15, 0.2) is 0 Å². The summed E-state index contributed by atoms with van der Waals surface area (Å²) in [6.45, 7) is 2.08. The number of hydrogen-bond donors (Lipinski definition) is 0. The van der Waals surface area contributed by atoms with Gasteiger partial charge in [-0.05, 0) is 61.5 Å². The van der Waals surface area contributed by atoms with Gasteiger partial charge in [-0.2, -0.15) is 5.26 Å². The number of imide groups is 1. The second-order valence-electron chi connectivity index (χ2n) is 11.7. The average molecular weight is 593 g/mol. The van der Waals surface area contributed by atoms with E-state index >= 15 is 0 Å². The molecule has 3 heterocycles. The Morgan fingerprint density at radius 1 is 0.565 bits per heavy atom. The molecular formula is C40H24N4O2. The number of anilines is 1. The lowest BCUT2D eigenvalue weighted by Crippen LogP contribution is -2.30. The molecule has 0 N–H and O–H groups in total. The van der Waals surface area contributed by atoms with E-state index in [1.807, 2.05) is 22.8 Å². The summed E-state index contributed by atoms with van der Waals surface area (Å²) in [5.41, 5.74) is 8.02. The average Bonchev–Trinajstić information content (AvgIpc) is 3.70. The van der Waals surface area contributed by atoms with Crippen molar-refractivity contribution in [2.24, 2.45) is 0 Å². The van der Waals surface area contributed by atoms with Crippen LogP contribution in [0.5, 0.6) is 0 Å². The van der Waals surface area contributed by atoms with Crippen molar-refractivity contribution < 1.29 is 9.59 Å². The molecule has 2 amide bonds. The molecule has 6 nitrogen and oxygen atoms in total. The lowest BCUT2D eigenvalue weighted by Gasteiger charge is -2.21. The van der Waals surface area contributed by atoms with Crippen LogP contribution >= 0.6 is 0 Å². The van der Waals surface area contributed by atoms with Crippen molar-refractivity contribution in [1.82, 2.24) is 9.13 Å². The van der Waals surface area contributed by atoms with Crippen molar-refractivity contribution >= 4 is 61.1 Å². The zero-order valence-corrected chi connectivity index (χ0v) is 24.7. The summed E-state index contributed by atoms with van der Waals surface area (Å²) in [5, 5.41) is 14.7. The standard InChI is InChI=1S/C40H24N4O2/c1-24-17-19-26(20-18-24)42-32-14-6-4-10-27(32)28-21-22-34-36(38(28)42)31-13-5-7-15-33(31)43(34)37-25(23-41)9-8-16-35(37)44-39(45)29-11-2-3-12-30(29)40(44)46/h2-22H,1H3. The highest BCUT2D eigenvalue weighted by Crippen LogP contribution is 2.44. The third-order valence-electron chi connectivity index (χ3n) is 9.16. The van der Waals surface area contributed by atoms with E-state index in [9.17, 15) is 14.9 Å². The highest BCUT2D eigenvalue weighted by molar-refractivity contribution is 6.35. The number of benzene rings is 6. The Hall–Kier alpha value is -6.45. The van der Waals surface area contributed by atoms with Crippen LogP contribution < -0.4 is 4.90 Å². The fourth-order valence-electron chi connectivity index (χ4n) is 7.16.